The zero-order chi connectivity index (χ0) is 12.1. The van der Waals surface area contributed by atoms with Gasteiger partial charge in [-0.25, -0.2) is 0 Å². The van der Waals surface area contributed by atoms with Gasteiger partial charge in [0, 0.05) is 15.5 Å². The molecule has 0 saturated carbocycles. The molecule has 4 rings (SSSR count). The van der Waals surface area contributed by atoms with E-state index >= 15 is 0 Å². The van der Waals surface area contributed by atoms with Crippen LogP contribution in [-0.4, -0.2) is 7.85 Å². The van der Waals surface area contributed by atoms with Crippen molar-refractivity contribution in [1.29, 1.82) is 0 Å². The molecule has 18 heavy (non-hydrogen) atoms. The number of hydrogen-bond donors (Lipinski definition) is 0. The lowest BCUT2D eigenvalue weighted by molar-refractivity contribution is 1.81. The average Bonchev–Trinajstić information content (AvgIpc) is 2.81. The van der Waals surface area contributed by atoms with Crippen LogP contribution in [0.4, 0.5) is 0 Å². The van der Waals surface area contributed by atoms with Crippen molar-refractivity contribution in [2.75, 3.05) is 0 Å². The van der Waals surface area contributed by atoms with Gasteiger partial charge in [0.15, 0.2) is 7.85 Å². The monoisotopic (exact) mass is 246 g/mol. The summed E-state index contributed by atoms with van der Waals surface area (Å²) in [5.74, 6) is 0. The highest BCUT2D eigenvalue weighted by molar-refractivity contribution is 7.27. The molecule has 2 heteroatoms. The summed E-state index contributed by atoms with van der Waals surface area (Å²) in [7, 11) is 2.19. The lowest BCUT2D eigenvalue weighted by Gasteiger charge is -2.06. The van der Waals surface area contributed by atoms with Gasteiger partial charge in [-0.05, 0) is 27.0 Å². The largest absolute Gasteiger partial charge is 0.152 e. The Hall–Kier alpha value is -1.80. The normalized spacial score (nSPS) is 11.6. The average molecular weight is 246 g/mol. The number of hydrogen-bond acceptors (Lipinski definition) is 1. The van der Waals surface area contributed by atoms with Crippen molar-refractivity contribution in [1.82, 2.24) is 0 Å². The second-order valence-electron chi connectivity index (χ2n) is 4.69. The van der Waals surface area contributed by atoms with E-state index in [1.165, 1.54) is 36.4 Å². The first-order valence-electron chi connectivity index (χ1n) is 6.14. The highest BCUT2D eigenvalue weighted by Gasteiger charge is 2.09. The molecule has 84 valence electrons. The minimum absolute atomic E-state index is 1.36. The lowest BCUT2D eigenvalue weighted by atomic mass is 9.98. The van der Waals surface area contributed by atoms with E-state index < -0.39 is 0 Å². The maximum absolute atomic E-state index is 2.31. The van der Waals surface area contributed by atoms with Gasteiger partial charge < -0.3 is 0 Å². The zero-order valence-electron chi connectivity index (χ0n) is 10.1. The maximum atomic E-state index is 2.31. The molecule has 0 bridgehead atoms. The molecule has 0 amide bonds. The van der Waals surface area contributed by atoms with Crippen LogP contribution in [0.25, 0.3) is 31.6 Å². The van der Waals surface area contributed by atoms with Crippen LogP contribution >= 0.6 is 11.3 Å². The second kappa shape index (κ2) is 3.60. The Morgan fingerprint density at radius 1 is 0.667 bits per heavy atom. The molecule has 0 atom stereocenters. The fourth-order valence-corrected chi connectivity index (χ4v) is 3.85. The van der Waals surface area contributed by atoms with Crippen LogP contribution in [0.1, 0.15) is 0 Å². The van der Waals surface area contributed by atoms with Crippen molar-refractivity contribution in [2.45, 2.75) is 0 Å². The third-order valence-electron chi connectivity index (χ3n) is 3.53. The molecule has 1 aromatic heterocycles. The van der Waals surface area contributed by atoms with Crippen molar-refractivity contribution in [3.05, 3.63) is 54.6 Å². The lowest BCUT2D eigenvalue weighted by Crippen LogP contribution is -1.88. The van der Waals surface area contributed by atoms with E-state index in [-0.39, 0.29) is 0 Å². The molecular formula is C16H11BS. The van der Waals surface area contributed by atoms with E-state index in [9.17, 15) is 0 Å². The fraction of sp³-hybridized carbons (Fsp3) is 0. The Balaban J connectivity index is 2.45. The summed E-state index contributed by atoms with van der Waals surface area (Å²) in [4.78, 5) is 0. The van der Waals surface area contributed by atoms with Crippen LogP contribution < -0.4 is 4.78 Å². The van der Waals surface area contributed by atoms with E-state index in [0.29, 0.717) is 0 Å². The molecule has 3 aromatic carbocycles. The molecular weight excluding hydrogens is 235 g/mol. The van der Waals surface area contributed by atoms with Crippen LogP contribution in [0.15, 0.2) is 54.6 Å². The molecule has 0 fully saturated rings. The number of benzene rings is 3. The van der Waals surface area contributed by atoms with Crippen LogP contribution in [0.5, 0.6) is 0 Å². The summed E-state index contributed by atoms with van der Waals surface area (Å²) in [6.07, 6.45) is 0. The minimum atomic E-state index is 1.36. The van der Waals surface area contributed by atoms with E-state index in [4.69, 9.17) is 0 Å². The first kappa shape index (κ1) is 10.2. The molecule has 0 N–H and O–H groups in total. The molecule has 0 spiro atoms. The van der Waals surface area contributed by atoms with E-state index in [0.717, 1.165) is 0 Å². The van der Waals surface area contributed by atoms with Gasteiger partial charge in [0.1, 0.15) is 0 Å². The smallest absolute Gasteiger partial charge is 0.150 e. The van der Waals surface area contributed by atoms with Crippen LogP contribution in [-0.2, 0) is 0 Å². The van der Waals surface area contributed by atoms with Crippen molar-refractivity contribution in [2.24, 2.45) is 0 Å². The Bertz CT molecular complexity index is 817. The Morgan fingerprint density at radius 3 is 1.83 bits per heavy atom. The number of rotatable bonds is 0. The Kier molecular flexibility index (Phi) is 2.03. The Labute approximate surface area is 110 Å². The molecule has 0 aliphatic carbocycles. The van der Waals surface area contributed by atoms with Crippen LogP contribution in [0, 0.1) is 0 Å². The van der Waals surface area contributed by atoms with Crippen molar-refractivity contribution >= 4 is 55.6 Å². The predicted molar refractivity (Wildman–Crippen MR) is 85.0 cm³/mol. The van der Waals surface area contributed by atoms with Gasteiger partial charge in [-0.15, -0.1) is 0 Å². The van der Waals surface area contributed by atoms with Crippen molar-refractivity contribution < 1.29 is 0 Å². The van der Waals surface area contributed by atoms with Crippen molar-refractivity contribution in [3.8, 4) is 0 Å². The Morgan fingerprint density at radius 2 is 1.17 bits per heavy atom. The summed E-state index contributed by atoms with van der Waals surface area (Å²) >= 11 is 1.90. The van der Waals surface area contributed by atoms with Gasteiger partial charge in [0.05, 0.1) is 0 Å². The summed E-state index contributed by atoms with van der Waals surface area (Å²) < 4.78 is 2.80. The summed E-state index contributed by atoms with van der Waals surface area (Å²) in [6.45, 7) is 0. The SMILES string of the molecule is Bc1cc2c3ccccc3c3ccccc3c2s1. The molecule has 4 aromatic rings. The molecule has 0 aliphatic rings. The molecule has 0 saturated heterocycles. The third kappa shape index (κ3) is 1.27. The zero-order valence-corrected chi connectivity index (χ0v) is 10.9. The minimum Gasteiger partial charge on any atom is -0.150 e. The molecule has 0 nitrogen and oxygen atoms in total. The number of fused-ring (bicyclic) bond motifs is 6. The van der Waals surface area contributed by atoms with Gasteiger partial charge in [-0.3, -0.25) is 0 Å². The number of thiophene rings is 1. The van der Waals surface area contributed by atoms with E-state index in [1.54, 1.807) is 0 Å². The molecule has 0 aliphatic heterocycles. The fourth-order valence-electron chi connectivity index (χ4n) is 2.78. The van der Waals surface area contributed by atoms with E-state index in [2.05, 4.69) is 62.4 Å². The highest BCUT2D eigenvalue weighted by atomic mass is 32.1. The van der Waals surface area contributed by atoms with Gasteiger partial charge in [-0.1, -0.05) is 48.5 Å². The standard InChI is InChI=1S/C16H11BS/c17-15-9-14-12-7-2-1-5-10(12)11-6-3-4-8-13(11)16(14)18-15/h1-9H,17H2. The maximum Gasteiger partial charge on any atom is 0.152 e. The first-order chi connectivity index (χ1) is 8.84. The molecule has 0 radical (unpaired) electrons. The van der Waals surface area contributed by atoms with E-state index in [1.807, 2.05) is 11.3 Å². The summed E-state index contributed by atoms with van der Waals surface area (Å²) in [5.41, 5.74) is 0. The highest BCUT2D eigenvalue weighted by Crippen LogP contribution is 2.36. The predicted octanol–water partition coefficient (Wildman–Crippen LogP) is 3.47. The quantitative estimate of drug-likeness (QED) is 0.329. The summed E-state index contributed by atoms with van der Waals surface area (Å²) in [6, 6.07) is 19.7. The third-order valence-corrected chi connectivity index (χ3v) is 4.62. The molecule has 0 unspecified atom stereocenters. The first-order valence-corrected chi connectivity index (χ1v) is 6.96. The topological polar surface area (TPSA) is 0 Å². The molecule has 1 heterocycles. The van der Waals surface area contributed by atoms with Gasteiger partial charge in [0.2, 0.25) is 0 Å². The van der Waals surface area contributed by atoms with Crippen LogP contribution in [0.2, 0.25) is 0 Å². The summed E-state index contributed by atoms with van der Waals surface area (Å²) in [5, 5.41) is 6.87. The van der Waals surface area contributed by atoms with Gasteiger partial charge >= 0.3 is 0 Å². The van der Waals surface area contributed by atoms with Gasteiger partial charge in [-0.2, -0.15) is 11.3 Å². The van der Waals surface area contributed by atoms with Crippen LogP contribution in [0.3, 0.4) is 0 Å². The second-order valence-corrected chi connectivity index (χ2v) is 5.95. The van der Waals surface area contributed by atoms with Crippen molar-refractivity contribution in [3.63, 3.8) is 0 Å². The van der Waals surface area contributed by atoms with Gasteiger partial charge in [0.25, 0.3) is 0 Å².